The molecule has 0 aliphatic heterocycles. The van der Waals surface area contributed by atoms with E-state index in [2.05, 4.69) is 33.6 Å². The number of nitrogens with zero attached hydrogens (tertiary/aromatic N) is 3. The summed E-state index contributed by atoms with van der Waals surface area (Å²) in [7, 11) is 0. The number of carbonyl (C=O) groups is 1. The highest BCUT2D eigenvalue weighted by molar-refractivity contribution is 5.81. The van der Waals surface area contributed by atoms with Gasteiger partial charge in [0.05, 0.1) is 6.20 Å². The smallest absolute Gasteiger partial charge is 0.410 e. The van der Waals surface area contributed by atoms with Crippen molar-refractivity contribution in [2.45, 2.75) is 20.5 Å². The Kier molecular flexibility index (Phi) is 3.84. The predicted molar refractivity (Wildman–Crippen MR) is 84.9 cm³/mol. The summed E-state index contributed by atoms with van der Waals surface area (Å²) in [5.74, 6) is 0.661. The van der Waals surface area contributed by atoms with Crippen molar-refractivity contribution in [3.8, 4) is 5.88 Å². The van der Waals surface area contributed by atoms with Gasteiger partial charge in [0.1, 0.15) is 6.61 Å². The Morgan fingerprint density at radius 2 is 2.13 bits per heavy atom. The van der Waals surface area contributed by atoms with Crippen LogP contribution >= 0.6 is 0 Å². The molecule has 0 radical (unpaired) electrons. The molecule has 0 atom stereocenters. The molecule has 3 aromatic rings. The number of hydrogen-bond acceptors (Lipinski definition) is 4. The number of aromatic nitrogens is 3. The first kappa shape index (κ1) is 14.8. The predicted octanol–water partition coefficient (Wildman–Crippen LogP) is 3.02. The van der Waals surface area contributed by atoms with Gasteiger partial charge in [-0.15, -0.1) is 5.10 Å². The first-order chi connectivity index (χ1) is 11.0. The van der Waals surface area contributed by atoms with E-state index in [1.807, 2.05) is 13.8 Å². The van der Waals surface area contributed by atoms with E-state index >= 15 is 0 Å². The molecule has 3 rings (SSSR count). The number of carboxylic acid groups (broad SMARTS) is 1. The zero-order chi connectivity index (χ0) is 16.4. The van der Waals surface area contributed by atoms with E-state index in [1.54, 1.807) is 12.1 Å². The highest BCUT2D eigenvalue weighted by Gasteiger charge is 2.07. The molecule has 7 heteroatoms. The van der Waals surface area contributed by atoms with Gasteiger partial charge in [-0.2, -0.15) is 0 Å². The monoisotopic (exact) mass is 312 g/mol. The van der Waals surface area contributed by atoms with Gasteiger partial charge in [-0.25, -0.2) is 14.3 Å². The number of hydrogen-bond donors (Lipinski definition) is 2. The molecule has 0 aliphatic rings. The third-order valence-electron chi connectivity index (χ3n) is 3.41. The topological polar surface area (TPSA) is 88.8 Å². The first-order valence-electron chi connectivity index (χ1n) is 7.06. The quantitative estimate of drug-likeness (QED) is 0.773. The van der Waals surface area contributed by atoms with Crippen LogP contribution in [0.1, 0.15) is 16.7 Å². The van der Waals surface area contributed by atoms with Crippen molar-refractivity contribution in [1.29, 1.82) is 0 Å². The highest BCUT2D eigenvalue weighted by Crippen LogP contribution is 2.16. The second kappa shape index (κ2) is 5.96. The molecule has 2 N–H and O–H groups in total. The van der Waals surface area contributed by atoms with Crippen molar-refractivity contribution < 1.29 is 14.6 Å². The van der Waals surface area contributed by atoms with Gasteiger partial charge in [0.2, 0.25) is 5.88 Å². The van der Waals surface area contributed by atoms with Gasteiger partial charge in [-0.3, -0.25) is 5.32 Å². The first-order valence-corrected chi connectivity index (χ1v) is 7.06. The van der Waals surface area contributed by atoms with E-state index in [0.717, 1.165) is 11.1 Å². The fraction of sp³-hybridized carbons (Fsp3) is 0.188. The molecule has 1 amide bonds. The number of anilines is 1. The average Bonchev–Trinajstić information content (AvgIpc) is 2.88. The minimum Gasteiger partial charge on any atom is -0.472 e. The van der Waals surface area contributed by atoms with E-state index in [1.165, 1.54) is 16.3 Å². The molecule has 0 saturated carbocycles. The molecule has 0 bridgehead atoms. The highest BCUT2D eigenvalue weighted by atomic mass is 16.5. The Morgan fingerprint density at radius 3 is 2.91 bits per heavy atom. The second-order valence-corrected chi connectivity index (χ2v) is 5.25. The SMILES string of the molecule is Cc1ccc(C)c(COc2ccc3nc(NC(=O)O)cn3n2)c1. The van der Waals surface area contributed by atoms with Crippen molar-refractivity contribution in [2.75, 3.05) is 5.32 Å². The molecular formula is C16H16N4O3. The minimum absolute atomic E-state index is 0.219. The number of rotatable bonds is 4. The Bertz CT molecular complexity index is 873. The van der Waals surface area contributed by atoms with Crippen LogP contribution in [-0.2, 0) is 6.61 Å². The number of aryl methyl sites for hydroxylation is 2. The Labute approximate surface area is 132 Å². The molecule has 7 nitrogen and oxygen atoms in total. The van der Waals surface area contributed by atoms with Crippen LogP contribution in [0.5, 0.6) is 5.88 Å². The van der Waals surface area contributed by atoms with Crippen molar-refractivity contribution in [2.24, 2.45) is 0 Å². The summed E-state index contributed by atoms with van der Waals surface area (Å²) >= 11 is 0. The third-order valence-corrected chi connectivity index (χ3v) is 3.41. The second-order valence-electron chi connectivity index (χ2n) is 5.25. The molecule has 0 fully saturated rings. The van der Waals surface area contributed by atoms with Crippen molar-refractivity contribution in [3.63, 3.8) is 0 Å². The number of imidazole rings is 1. The van der Waals surface area contributed by atoms with E-state index in [0.29, 0.717) is 18.1 Å². The zero-order valence-corrected chi connectivity index (χ0v) is 12.8. The molecule has 0 unspecified atom stereocenters. The van der Waals surface area contributed by atoms with Gasteiger partial charge in [0.15, 0.2) is 11.5 Å². The van der Waals surface area contributed by atoms with Crippen LogP contribution in [0.4, 0.5) is 10.6 Å². The molecular weight excluding hydrogens is 296 g/mol. The molecule has 23 heavy (non-hydrogen) atoms. The van der Waals surface area contributed by atoms with Crippen molar-refractivity contribution in [3.05, 3.63) is 53.2 Å². The molecule has 2 heterocycles. The zero-order valence-electron chi connectivity index (χ0n) is 12.8. The number of ether oxygens (including phenoxy) is 1. The van der Waals surface area contributed by atoms with E-state index in [4.69, 9.17) is 9.84 Å². The molecule has 0 spiro atoms. The Hall–Kier alpha value is -3.09. The standard InChI is InChI=1S/C16H16N4O3/c1-10-3-4-11(2)12(7-10)9-23-15-6-5-14-17-13(18-16(21)22)8-20(14)19-15/h3-8,18H,9H2,1-2H3,(H,21,22). The summed E-state index contributed by atoms with van der Waals surface area (Å²) in [4.78, 5) is 14.7. The number of benzene rings is 1. The van der Waals surface area contributed by atoms with E-state index < -0.39 is 6.09 Å². The average molecular weight is 312 g/mol. The van der Waals surface area contributed by atoms with Gasteiger partial charge in [0, 0.05) is 6.07 Å². The largest absolute Gasteiger partial charge is 0.472 e. The summed E-state index contributed by atoms with van der Waals surface area (Å²) in [5, 5.41) is 15.2. The number of amides is 1. The summed E-state index contributed by atoms with van der Waals surface area (Å²) in [6, 6.07) is 9.63. The number of fused-ring (bicyclic) bond motifs is 1. The summed E-state index contributed by atoms with van der Waals surface area (Å²) in [6.45, 7) is 4.49. The minimum atomic E-state index is -1.17. The molecule has 118 valence electrons. The third kappa shape index (κ3) is 3.39. The summed E-state index contributed by atoms with van der Waals surface area (Å²) < 4.78 is 7.21. The molecule has 1 aromatic carbocycles. The van der Waals surface area contributed by atoms with Crippen LogP contribution in [0.25, 0.3) is 5.65 Å². The van der Waals surface area contributed by atoms with Crippen molar-refractivity contribution >= 4 is 17.6 Å². The van der Waals surface area contributed by atoms with Gasteiger partial charge < -0.3 is 9.84 Å². The lowest BCUT2D eigenvalue weighted by atomic mass is 10.1. The van der Waals surface area contributed by atoms with Crippen LogP contribution in [0.15, 0.2) is 36.5 Å². The number of nitrogens with one attached hydrogen (secondary N) is 1. The van der Waals surface area contributed by atoms with Crippen molar-refractivity contribution in [1.82, 2.24) is 14.6 Å². The van der Waals surface area contributed by atoms with Crippen LogP contribution in [0.3, 0.4) is 0 Å². The maximum Gasteiger partial charge on any atom is 0.410 e. The Morgan fingerprint density at radius 1 is 1.30 bits per heavy atom. The lowest BCUT2D eigenvalue weighted by Gasteiger charge is -2.09. The summed E-state index contributed by atoms with van der Waals surface area (Å²) in [6.07, 6.45) is 0.327. The van der Waals surface area contributed by atoms with E-state index in [-0.39, 0.29) is 5.82 Å². The summed E-state index contributed by atoms with van der Waals surface area (Å²) in [5.41, 5.74) is 3.97. The maximum atomic E-state index is 10.6. The van der Waals surface area contributed by atoms with Crippen LogP contribution in [-0.4, -0.2) is 25.8 Å². The van der Waals surface area contributed by atoms with Crippen LogP contribution in [0, 0.1) is 13.8 Å². The molecule has 0 aliphatic carbocycles. The van der Waals surface area contributed by atoms with Gasteiger partial charge >= 0.3 is 6.09 Å². The van der Waals surface area contributed by atoms with Gasteiger partial charge in [-0.1, -0.05) is 23.8 Å². The van der Waals surface area contributed by atoms with Crippen LogP contribution < -0.4 is 10.1 Å². The van der Waals surface area contributed by atoms with E-state index in [9.17, 15) is 4.79 Å². The molecule has 2 aromatic heterocycles. The fourth-order valence-corrected chi connectivity index (χ4v) is 2.22. The normalized spacial score (nSPS) is 10.7. The van der Waals surface area contributed by atoms with Gasteiger partial charge in [0.25, 0.3) is 0 Å². The lowest BCUT2D eigenvalue weighted by molar-refractivity contribution is 0.209. The lowest BCUT2D eigenvalue weighted by Crippen LogP contribution is -2.07. The van der Waals surface area contributed by atoms with Crippen LogP contribution in [0.2, 0.25) is 0 Å². The Balaban J connectivity index is 1.77. The maximum absolute atomic E-state index is 10.6. The molecule has 0 saturated heterocycles. The van der Waals surface area contributed by atoms with Gasteiger partial charge in [-0.05, 0) is 31.0 Å². The fourth-order valence-electron chi connectivity index (χ4n) is 2.22.